The van der Waals surface area contributed by atoms with Crippen molar-refractivity contribution < 1.29 is 28.3 Å². The number of anilines is 1. The van der Waals surface area contributed by atoms with E-state index < -0.39 is 31.6 Å². The van der Waals surface area contributed by atoms with Crippen LogP contribution in [0.5, 0.6) is 5.75 Å². The van der Waals surface area contributed by atoms with E-state index in [0.717, 1.165) is 22.9 Å². The first-order valence-electron chi connectivity index (χ1n) is 15.6. The Hall–Kier alpha value is -3.32. The molecule has 5 atom stereocenters. The molecule has 4 heterocycles. The minimum Gasteiger partial charge on any atom is -0.491 e. The Bertz CT molecular complexity index is 1710. The Labute approximate surface area is 277 Å². The van der Waals surface area contributed by atoms with Gasteiger partial charge in [0.2, 0.25) is 14.3 Å². The Morgan fingerprint density at radius 1 is 1.17 bits per heavy atom. The molecular formula is C34H39BrFN3O6Si. The molecule has 1 aromatic heterocycles. The lowest BCUT2D eigenvalue weighted by Gasteiger charge is -2.31. The summed E-state index contributed by atoms with van der Waals surface area (Å²) in [6.45, 7) is 5.78. The van der Waals surface area contributed by atoms with Crippen LogP contribution in [0.4, 0.5) is 9.80 Å². The van der Waals surface area contributed by atoms with E-state index in [1.54, 1.807) is 41.2 Å². The lowest BCUT2D eigenvalue weighted by Crippen LogP contribution is -2.45. The van der Waals surface area contributed by atoms with Crippen LogP contribution in [0, 0.1) is 5.92 Å². The van der Waals surface area contributed by atoms with Crippen LogP contribution in [0.25, 0.3) is 5.69 Å². The number of carbonyl (C=O) groups is 2. The number of amides is 2. The first kappa shape index (κ1) is 32.6. The summed E-state index contributed by atoms with van der Waals surface area (Å²) >= 11 is 3.57. The van der Waals surface area contributed by atoms with Crippen LogP contribution < -0.4 is 15.2 Å². The fourth-order valence-electron chi connectivity index (χ4n) is 7.80. The average molecular weight is 713 g/mol. The summed E-state index contributed by atoms with van der Waals surface area (Å²) in [5.41, 5.74) is 0.477. The van der Waals surface area contributed by atoms with Gasteiger partial charge in [-0.15, -0.1) is 0 Å². The van der Waals surface area contributed by atoms with Crippen LogP contribution in [-0.4, -0.2) is 67.2 Å². The topological polar surface area (TPSA) is 101 Å². The first-order chi connectivity index (χ1) is 21.9. The van der Waals surface area contributed by atoms with Gasteiger partial charge in [-0.1, -0.05) is 35.0 Å². The number of rotatable bonds is 8. The molecule has 3 aliphatic heterocycles. The number of likely N-dealkylation sites (tertiary alicyclic amines) is 1. The molecule has 2 fully saturated rings. The van der Waals surface area contributed by atoms with Crippen LogP contribution in [0.15, 0.2) is 70.1 Å². The summed E-state index contributed by atoms with van der Waals surface area (Å²) in [6, 6.07) is 16.1. The largest absolute Gasteiger partial charge is 0.491 e. The number of aliphatic hydroxyl groups is 1. The molecule has 2 aromatic carbocycles. The molecule has 1 N–H and O–H groups in total. The van der Waals surface area contributed by atoms with Crippen molar-refractivity contribution in [1.29, 1.82) is 0 Å². The molecule has 0 saturated carbocycles. The van der Waals surface area contributed by atoms with Gasteiger partial charge in [0.25, 0.3) is 11.5 Å². The van der Waals surface area contributed by atoms with Gasteiger partial charge in [0.1, 0.15) is 0 Å². The quantitative estimate of drug-likeness (QED) is 0.251. The third-order valence-corrected chi connectivity index (χ3v) is 12.8. The van der Waals surface area contributed by atoms with Crippen LogP contribution in [0.1, 0.15) is 37.3 Å². The predicted octanol–water partition coefficient (Wildman–Crippen LogP) is 5.30. The van der Waals surface area contributed by atoms with E-state index >= 15 is 4.11 Å². The van der Waals surface area contributed by atoms with Crippen molar-refractivity contribution in [1.82, 2.24) is 9.47 Å². The first-order valence-corrected chi connectivity index (χ1v) is 19.4. The molecule has 1 spiro atoms. The summed E-state index contributed by atoms with van der Waals surface area (Å²) in [4.78, 5) is 44.3. The number of hydrogen-bond acceptors (Lipinski definition) is 6. The van der Waals surface area contributed by atoms with Gasteiger partial charge in [-0.05, 0) is 74.0 Å². The number of nitrogens with zero attached hydrogens (tertiary/aromatic N) is 3. The smallest absolute Gasteiger partial charge is 0.297 e. The maximum Gasteiger partial charge on any atom is 0.297 e. The Balaban J connectivity index is 1.33. The second-order valence-electron chi connectivity index (χ2n) is 13.0. The Morgan fingerprint density at radius 2 is 1.91 bits per heavy atom. The van der Waals surface area contributed by atoms with Gasteiger partial charge < -0.3 is 28.5 Å². The number of fused-ring (bicyclic) bond motifs is 2. The second kappa shape index (κ2) is 12.4. The van der Waals surface area contributed by atoms with Gasteiger partial charge in [-0.3, -0.25) is 19.0 Å². The minimum atomic E-state index is -3.45. The molecule has 244 valence electrons. The molecule has 3 aromatic rings. The molecule has 9 nitrogen and oxygen atoms in total. The standard InChI is InChI=1S/C34H39BrFN3O6Si/c1-21-31(46(3,4)36)29(18-30(41)37-15-5-7-25(37)20-40)45-34(21)26-17-23(35)11-14-27(26)39(33(34)43)19-22-9-12-24(13-10-22)38-16-6-8-28(44-2)32(38)42/h6,8-14,16-17,21,25,29,31,40H,5,7,15,18-20H2,1-4H3/t21-,25+,29+,31-,34+/m1/s1. The van der Waals surface area contributed by atoms with Crippen LogP contribution in [0.2, 0.25) is 18.6 Å². The van der Waals surface area contributed by atoms with Crippen LogP contribution in [0.3, 0.4) is 0 Å². The highest BCUT2D eigenvalue weighted by molar-refractivity contribution is 9.10. The van der Waals surface area contributed by atoms with Gasteiger partial charge in [0.05, 0.1) is 44.5 Å². The molecule has 3 aliphatic rings. The number of aromatic nitrogens is 1. The van der Waals surface area contributed by atoms with Crippen LogP contribution in [-0.2, 0) is 26.5 Å². The van der Waals surface area contributed by atoms with Crippen molar-refractivity contribution in [3.8, 4) is 11.4 Å². The summed E-state index contributed by atoms with van der Waals surface area (Å²) in [5, 5.41) is 9.81. The Kier molecular flexibility index (Phi) is 8.77. The lowest BCUT2D eigenvalue weighted by atomic mass is 9.82. The van der Waals surface area contributed by atoms with E-state index in [1.165, 1.54) is 11.7 Å². The summed E-state index contributed by atoms with van der Waals surface area (Å²) < 4.78 is 30.4. The highest BCUT2D eigenvalue weighted by Crippen LogP contribution is 2.60. The van der Waals surface area contributed by atoms with Crippen molar-refractivity contribution in [3.63, 3.8) is 0 Å². The van der Waals surface area contributed by atoms with Gasteiger partial charge in [-0.2, -0.15) is 0 Å². The molecule has 0 radical (unpaired) electrons. The highest BCUT2D eigenvalue weighted by atomic mass is 79.9. The number of benzene rings is 2. The molecule has 6 rings (SSSR count). The number of ether oxygens (including phenoxy) is 2. The molecule has 0 unspecified atom stereocenters. The summed E-state index contributed by atoms with van der Waals surface area (Å²) in [5.74, 6) is -0.758. The molecule has 12 heteroatoms. The van der Waals surface area contributed by atoms with Crippen LogP contribution >= 0.6 is 15.9 Å². The van der Waals surface area contributed by atoms with Gasteiger partial charge >= 0.3 is 0 Å². The summed E-state index contributed by atoms with van der Waals surface area (Å²) in [7, 11) is -2.00. The van der Waals surface area contributed by atoms with E-state index in [-0.39, 0.29) is 48.7 Å². The highest BCUT2D eigenvalue weighted by Gasteiger charge is 2.67. The summed E-state index contributed by atoms with van der Waals surface area (Å²) in [6.07, 6.45) is 2.37. The minimum absolute atomic E-state index is 0.0463. The van der Waals surface area contributed by atoms with Gasteiger partial charge in [0, 0.05) is 39.9 Å². The number of carbonyl (C=O) groups excluding carboxylic acids is 2. The van der Waals surface area contributed by atoms with Gasteiger partial charge in [-0.25, -0.2) is 0 Å². The second-order valence-corrected chi connectivity index (χ2v) is 17.7. The number of methoxy groups -OCH3 is 1. The van der Waals surface area contributed by atoms with Crippen molar-refractivity contribution in [3.05, 3.63) is 86.7 Å². The fourth-order valence-corrected chi connectivity index (χ4v) is 10.7. The molecule has 46 heavy (non-hydrogen) atoms. The van der Waals surface area contributed by atoms with E-state index in [1.807, 2.05) is 49.4 Å². The zero-order valence-electron chi connectivity index (χ0n) is 26.4. The van der Waals surface area contributed by atoms with Gasteiger partial charge in [0.15, 0.2) is 11.4 Å². The molecule has 0 bridgehead atoms. The number of halogens is 2. The Morgan fingerprint density at radius 3 is 2.59 bits per heavy atom. The van der Waals surface area contributed by atoms with E-state index in [2.05, 4.69) is 15.9 Å². The van der Waals surface area contributed by atoms with Crippen molar-refractivity contribution >= 4 is 41.8 Å². The van der Waals surface area contributed by atoms with Crippen molar-refractivity contribution in [2.45, 2.75) is 69.1 Å². The fraction of sp³-hybridized carbons (Fsp3) is 0.441. The number of aliphatic hydroxyl groups excluding tert-OH is 1. The predicted molar refractivity (Wildman–Crippen MR) is 178 cm³/mol. The van der Waals surface area contributed by atoms with Crippen molar-refractivity contribution in [2.75, 3.05) is 25.2 Å². The molecule has 2 saturated heterocycles. The maximum atomic E-state index is 16.2. The maximum absolute atomic E-state index is 16.2. The molecule has 2 amide bonds. The zero-order chi connectivity index (χ0) is 33.0. The monoisotopic (exact) mass is 711 g/mol. The SMILES string of the molecule is COc1cccn(-c2ccc(CN3C(=O)[C@@]4(O[C@@H](CC(=O)N5CCC[C@H]5CO)[C@H]([Si](C)(C)F)[C@H]4C)c4cc(Br)ccc43)cc2)c1=O. The number of hydrogen-bond donors (Lipinski definition) is 1. The number of pyridine rings is 1. The van der Waals surface area contributed by atoms with Crippen molar-refractivity contribution in [2.24, 2.45) is 5.92 Å². The molecule has 0 aliphatic carbocycles. The zero-order valence-corrected chi connectivity index (χ0v) is 29.0. The average Bonchev–Trinajstić information content (AvgIpc) is 3.68. The normalized spacial score (nSPS) is 25.8. The van der Waals surface area contributed by atoms with E-state index in [9.17, 15) is 19.5 Å². The lowest BCUT2D eigenvalue weighted by molar-refractivity contribution is -0.150. The third-order valence-electron chi connectivity index (χ3n) is 9.89. The third kappa shape index (κ3) is 5.42. The van der Waals surface area contributed by atoms with E-state index in [4.69, 9.17) is 9.47 Å². The van der Waals surface area contributed by atoms with E-state index in [0.29, 0.717) is 23.5 Å². The molecular weight excluding hydrogens is 673 g/mol.